The predicted octanol–water partition coefficient (Wildman–Crippen LogP) is 3.74. The Bertz CT molecular complexity index is 549. The van der Waals surface area contributed by atoms with Crippen molar-refractivity contribution >= 4 is 23.2 Å². The summed E-state index contributed by atoms with van der Waals surface area (Å²) < 4.78 is 2.08. The lowest BCUT2D eigenvalue weighted by atomic mass is 10.2. The summed E-state index contributed by atoms with van der Waals surface area (Å²) in [6.07, 6.45) is 3.75. The maximum atomic E-state index is 6.18. The number of benzene rings is 1. The number of aromatic nitrogens is 2. The first kappa shape index (κ1) is 14.4. The first-order valence-electron chi connectivity index (χ1n) is 6.23. The van der Waals surface area contributed by atoms with Crippen LogP contribution in [0.2, 0.25) is 10.0 Å². The third kappa shape index (κ3) is 3.96. The van der Waals surface area contributed by atoms with Crippen molar-refractivity contribution in [1.29, 1.82) is 0 Å². The highest BCUT2D eigenvalue weighted by Gasteiger charge is 2.07. The molecule has 0 fully saturated rings. The molecule has 0 bridgehead atoms. The van der Waals surface area contributed by atoms with Crippen LogP contribution in [0.4, 0.5) is 0 Å². The van der Waals surface area contributed by atoms with Crippen LogP contribution in [-0.2, 0) is 13.1 Å². The fraction of sp³-hybridized carbons (Fsp3) is 0.357. The quantitative estimate of drug-likeness (QED) is 0.911. The molecule has 0 atom stereocenters. The maximum absolute atomic E-state index is 6.18. The molecule has 102 valence electrons. The fourth-order valence-electron chi connectivity index (χ4n) is 1.79. The first-order chi connectivity index (χ1) is 9.06. The van der Waals surface area contributed by atoms with Gasteiger partial charge >= 0.3 is 0 Å². The van der Waals surface area contributed by atoms with E-state index in [2.05, 4.69) is 28.7 Å². The van der Waals surface area contributed by atoms with Gasteiger partial charge in [-0.15, -0.1) is 0 Å². The van der Waals surface area contributed by atoms with Gasteiger partial charge in [0.05, 0.1) is 13.1 Å². The summed E-state index contributed by atoms with van der Waals surface area (Å²) in [6, 6.07) is 5.94. The molecule has 0 saturated heterocycles. The van der Waals surface area contributed by atoms with Crippen LogP contribution >= 0.6 is 23.2 Å². The van der Waals surface area contributed by atoms with Crippen molar-refractivity contribution in [3.8, 4) is 0 Å². The maximum Gasteiger partial charge on any atom is 0.122 e. The average Bonchev–Trinajstić information content (AvgIpc) is 2.79. The van der Waals surface area contributed by atoms with Crippen molar-refractivity contribution in [1.82, 2.24) is 14.9 Å². The van der Waals surface area contributed by atoms with Crippen molar-refractivity contribution in [2.75, 3.05) is 0 Å². The molecule has 0 aliphatic carbocycles. The molecule has 0 aliphatic heterocycles. The molecule has 1 heterocycles. The number of nitrogens with one attached hydrogen (secondary N) is 1. The summed E-state index contributed by atoms with van der Waals surface area (Å²) in [5.74, 6) is 0.991. The van der Waals surface area contributed by atoms with Gasteiger partial charge in [-0.25, -0.2) is 4.98 Å². The highest BCUT2D eigenvalue weighted by Crippen LogP contribution is 2.21. The van der Waals surface area contributed by atoms with Crippen LogP contribution in [0.1, 0.15) is 25.2 Å². The van der Waals surface area contributed by atoms with Crippen molar-refractivity contribution < 1.29 is 0 Å². The summed E-state index contributed by atoms with van der Waals surface area (Å²) in [5, 5.41) is 4.78. The average molecular weight is 298 g/mol. The van der Waals surface area contributed by atoms with Gasteiger partial charge in [0.15, 0.2) is 0 Å². The SMILES string of the molecule is CC(C)NCc1nccn1Cc1cc(Cl)ccc1Cl. The molecule has 0 saturated carbocycles. The van der Waals surface area contributed by atoms with E-state index >= 15 is 0 Å². The predicted molar refractivity (Wildman–Crippen MR) is 79.8 cm³/mol. The molecule has 3 nitrogen and oxygen atoms in total. The second-order valence-corrected chi connectivity index (χ2v) is 5.59. The highest BCUT2D eigenvalue weighted by molar-refractivity contribution is 6.33. The van der Waals surface area contributed by atoms with E-state index in [1.807, 2.05) is 18.3 Å². The van der Waals surface area contributed by atoms with Crippen LogP contribution in [0.5, 0.6) is 0 Å². The first-order valence-corrected chi connectivity index (χ1v) is 6.99. The van der Waals surface area contributed by atoms with Crippen LogP contribution in [0.3, 0.4) is 0 Å². The van der Waals surface area contributed by atoms with Gasteiger partial charge < -0.3 is 9.88 Å². The molecule has 2 aromatic rings. The monoisotopic (exact) mass is 297 g/mol. The van der Waals surface area contributed by atoms with Gasteiger partial charge in [0.25, 0.3) is 0 Å². The number of imidazole rings is 1. The summed E-state index contributed by atoms with van der Waals surface area (Å²) in [7, 11) is 0. The van der Waals surface area contributed by atoms with E-state index in [0.29, 0.717) is 17.6 Å². The summed E-state index contributed by atoms with van der Waals surface area (Å²) >= 11 is 12.2. The molecule has 0 spiro atoms. The molecule has 0 unspecified atom stereocenters. The zero-order valence-electron chi connectivity index (χ0n) is 11.0. The molecule has 5 heteroatoms. The van der Waals surface area contributed by atoms with Crippen molar-refractivity contribution in [3.63, 3.8) is 0 Å². The largest absolute Gasteiger partial charge is 0.329 e. The molecule has 1 N–H and O–H groups in total. The zero-order valence-corrected chi connectivity index (χ0v) is 12.5. The Morgan fingerprint density at radius 2 is 2.11 bits per heavy atom. The minimum Gasteiger partial charge on any atom is -0.329 e. The van der Waals surface area contributed by atoms with Crippen LogP contribution < -0.4 is 5.32 Å². The molecular formula is C14H17Cl2N3. The van der Waals surface area contributed by atoms with Gasteiger partial charge in [0.1, 0.15) is 5.82 Å². The van der Waals surface area contributed by atoms with Crippen molar-refractivity contribution in [2.24, 2.45) is 0 Å². The number of rotatable bonds is 5. The molecule has 0 radical (unpaired) electrons. The molecule has 19 heavy (non-hydrogen) atoms. The van der Waals surface area contributed by atoms with Crippen molar-refractivity contribution in [2.45, 2.75) is 33.0 Å². The molecular weight excluding hydrogens is 281 g/mol. The van der Waals surface area contributed by atoms with Gasteiger partial charge in [-0.3, -0.25) is 0 Å². The Kier molecular flexibility index (Phi) is 4.86. The van der Waals surface area contributed by atoms with Crippen LogP contribution in [0.15, 0.2) is 30.6 Å². The van der Waals surface area contributed by atoms with E-state index in [9.17, 15) is 0 Å². The summed E-state index contributed by atoms with van der Waals surface area (Å²) in [6.45, 7) is 5.64. The van der Waals surface area contributed by atoms with E-state index in [1.54, 1.807) is 12.3 Å². The van der Waals surface area contributed by atoms with Gasteiger partial charge in [-0.2, -0.15) is 0 Å². The Morgan fingerprint density at radius 3 is 2.84 bits per heavy atom. The minimum absolute atomic E-state index is 0.430. The second kappa shape index (κ2) is 6.42. The molecule has 0 aliphatic rings. The van der Waals surface area contributed by atoms with Crippen LogP contribution in [0.25, 0.3) is 0 Å². The lowest BCUT2D eigenvalue weighted by Gasteiger charge is -2.12. The number of halogens is 2. The Hall–Kier alpha value is -1.03. The van der Waals surface area contributed by atoms with Crippen molar-refractivity contribution in [3.05, 3.63) is 52.0 Å². The molecule has 2 rings (SSSR count). The van der Waals surface area contributed by atoms with Gasteiger partial charge in [0.2, 0.25) is 0 Å². The Morgan fingerprint density at radius 1 is 1.32 bits per heavy atom. The fourth-order valence-corrected chi connectivity index (χ4v) is 2.17. The second-order valence-electron chi connectivity index (χ2n) is 4.74. The van der Waals surface area contributed by atoms with Gasteiger partial charge in [0, 0.05) is 28.5 Å². The van der Waals surface area contributed by atoms with Gasteiger partial charge in [-0.1, -0.05) is 37.0 Å². The standard InChI is InChI=1S/C14H17Cl2N3/c1-10(2)18-8-14-17-5-6-19(14)9-11-7-12(15)3-4-13(11)16/h3-7,10,18H,8-9H2,1-2H3. The van der Waals surface area contributed by atoms with E-state index in [4.69, 9.17) is 23.2 Å². The third-order valence-corrected chi connectivity index (χ3v) is 3.42. The third-order valence-electron chi connectivity index (χ3n) is 2.82. The lowest BCUT2D eigenvalue weighted by molar-refractivity contribution is 0.554. The zero-order chi connectivity index (χ0) is 13.8. The highest BCUT2D eigenvalue weighted by atomic mass is 35.5. The summed E-state index contributed by atoms with van der Waals surface area (Å²) in [4.78, 5) is 4.36. The number of hydrogen-bond acceptors (Lipinski definition) is 2. The molecule has 1 aromatic carbocycles. The van der Waals surface area contributed by atoms with Gasteiger partial charge in [-0.05, 0) is 23.8 Å². The molecule has 1 aromatic heterocycles. The lowest BCUT2D eigenvalue weighted by Crippen LogP contribution is -2.24. The van der Waals surface area contributed by atoms with E-state index in [0.717, 1.165) is 23.0 Å². The smallest absolute Gasteiger partial charge is 0.122 e. The van der Waals surface area contributed by atoms with E-state index < -0.39 is 0 Å². The Balaban J connectivity index is 2.15. The van der Waals surface area contributed by atoms with Crippen LogP contribution in [0, 0.1) is 0 Å². The number of hydrogen-bond donors (Lipinski definition) is 1. The van der Waals surface area contributed by atoms with Crippen LogP contribution in [-0.4, -0.2) is 15.6 Å². The minimum atomic E-state index is 0.430. The Labute approximate surface area is 123 Å². The normalized spacial score (nSPS) is 11.2. The molecule has 0 amide bonds. The summed E-state index contributed by atoms with van der Waals surface area (Å²) in [5.41, 5.74) is 0.998. The topological polar surface area (TPSA) is 29.9 Å². The van der Waals surface area contributed by atoms with E-state index in [1.165, 1.54) is 0 Å². The van der Waals surface area contributed by atoms with E-state index in [-0.39, 0.29) is 0 Å². The number of nitrogens with zero attached hydrogens (tertiary/aromatic N) is 2.